The molecule has 0 radical (unpaired) electrons. The fourth-order valence-electron chi connectivity index (χ4n) is 8.54. The lowest BCUT2D eigenvalue weighted by molar-refractivity contribution is -0.790. The molecule has 0 saturated heterocycles. The predicted octanol–water partition coefficient (Wildman–Crippen LogP) is 4.94. The second-order valence-corrected chi connectivity index (χ2v) is 13.2. The summed E-state index contributed by atoms with van der Waals surface area (Å²) in [5.41, 5.74) is 11.0. The molecule has 45 heavy (non-hydrogen) atoms. The monoisotopic (exact) mass is 580 g/mol. The average molecular weight is 581 g/mol. The zero-order valence-electron chi connectivity index (χ0n) is 25.0. The van der Waals surface area contributed by atoms with Crippen molar-refractivity contribution in [1.82, 2.24) is 9.13 Å². The van der Waals surface area contributed by atoms with Crippen LogP contribution in [0.1, 0.15) is 44.5 Å². The van der Waals surface area contributed by atoms with E-state index in [1.165, 1.54) is 22.3 Å². The van der Waals surface area contributed by atoms with Gasteiger partial charge in [-0.3, -0.25) is 0 Å². The summed E-state index contributed by atoms with van der Waals surface area (Å²) < 4.78 is 9.46. The maximum Gasteiger partial charge on any atom is 0.404 e. The molecular formula is C37H24N8+2. The smallest absolute Gasteiger partial charge is 0.192 e. The molecule has 6 aliphatic heterocycles. The van der Waals surface area contributed by atoms with Crippen molar-refractivity contribution in [1.29, 1.82) is 0 Å². The molecule has 6 aliphatic rings. The number of aryl methyl sites for hydroxylation is 4. The number of hydrogen-bond donors (Lipinski definition) is 0. The van der Waals surface area contributed by atoms with Crippen LogP contribution in [-0.4, -0.2) is 41.6 Å². The van der Waals surface area contributed by atoms with E-state index >= 15 is 0 Å². The number of amidine groups is 4. The number of aliphatic imine (C=N–C) groups is 2. The first kappa shape index (κ1) is 22.7. The third kappa shape index (κ3) is 2.22. The van der Waals surface area contributed by atoms with Crippen molar-refractivity contribution in [2.45, 2.75) is 33.6 Å². The summed E-state index contributed by atoms with van der Waals surface area (Å²) in [5.74, 6) is 4.50. The SMILES string of the molecule is Cc1ccc2c(c1)C1=Nc3c4cc(C)ccc4c4n3C35n6c(c7ccc(C)cc7c6=NC6=[N+]3C(=N4)c3ccc(C)cc36)=NC2=[N+]15. The van der Waals surface area contributed by atoms with Crippen LogP contribution in [0.25, 0.3) is 21.5 Å². The van der Waals surface area contributed by atoms with E-state index in [9.17, 15) is 0 Å². The summed E-state index contributed by atoms with van der Waals surface area (Å²) in [6, 6.07) is 26.6. The molecule has 1 spiro atoms. The number of aromatic nitrogens is 2. The molecule has 210 valence electrons. The minimum atomic E-state index is -0.947. The van der Waals surface area contributed by atoms with Gasteiger partial charge in [0.2, 0.25) is 22.6 Å². The van der Waals surface area contributed by atoms with E-state index in [1.807, 2.05) is 0 Å². The first-order valence-corrected chi connectivity index (χ1v) is 15.4. The molecular weight excluding hydrogens is 556 g/mol. The highest BCUT2D eigenvalue weighted by molar-refractivity contribution is 6.20. The summed E-state index contributed by atoms with van der Waals surface area (Å²) in [4.78, 5) is 22.1. The van der Waals surface area contributed by atoms with Crippen molar-refractivity contribution in [3.8, 4) is 0 Å². The molecule has 0 aliphatic carbocycles. The third-order valence-electron chi connectivity index (χ3n) is 10.4. The van der Waals surface area contributed by atoms with Gasteiger partial charge in [0.25, 0.3) is 23.3 Å². The van der Waals surface area contributed by atoms with Crippen molar-refractivity contribution in [3.63, 3.8) is 0 Å². The highest BCUT2D eigenvalue weighted by Crippen LogP contribution is 2.52. The first-order valence-electron chi connectivity index (χ1n) is 15.4. The van der Waals surface area contributed by atoms with Gasteiger partial charge in [-0.1, -0.05) is 66.5 Å². The van der Waals surface area contributed by atoms with Crippen molar-refractivity contribution >= 4 is 56.5 Å². The number of nitrogens with zero attached hydrogens (tertiary/aromatic N) is 8. The van der Waals surface area contributed by atoms with Crippen LogP contribution in [0.4, 0.5) is 11.6 Å². The Labute approximate surface area is 256 Å². The predicted molar refractivity (Wildman–Crippen MR) is 173 cm³/mol. The van der Waals surface area contributed by atoms with Crippen LogP contribution in [0.3, 0.4) is 0 Å². The van der Waals surface area contributed by atoms with E-state index in [0.717, 1.165) is 89.8 Å². The molecule has 4 aromatic carbocycles. The zero-order chi connectivity index (χ0) is 29.7. The Bertz CT molecular complexity index is 2850. The fourth-order valence-corrected chi connectivity index (χ4v) is 8.54. The Balaban J connectivity index is 1.42. The van der Waals surface area contributed by atoms with E-state index < -0.39 is 5.91 Å². The zero-order valence-corrected chi connectivity index (χ0v) is 25.0. The van der Waals surface area contributed by atoms with E-state index in [0.29, 0.717) is 0 Å². The van der Waals surface area contributed by atoms with E-state index in [1.54, 1.807) is 0 Å². The van der Waals surface area contributed by atoms with Gasteiger partial charge in [0.15, 0.2) is 0 Å². The summed E-state index contributed by atoms with van der Waals surface area (Å²) in [6.07, 6.45) is 0. The van der Waals surface area contributed by atoms with E-state index in [2.05, 4.69) is 119 Å². The van der Waals surface area contributed by atoms with Crippen LogP contribution in [0.5, 0.6) is 0 Å². The Morgan fingerprint density at radius 2 is 1.00 bits per heavy atom. The molecule has 1 unspecified atom stereocenters. The van der Waals surface area contributed by atoms with Crippen molar-refractivity contribution < 1.29 is 9.15 Å². The lowest BCUT2D eigenvalue weighted by Gasteiger charge is -2.40. The van der Waals surface area contributed by atoms with Gasteiger partial charge in [0.05, 0.1) is 22.3 Å². The van der Waals surface area contributed by atoms with Gasteiger partial charge in [0, 0.05) is 21.5 Å². The molecule has 0 N–H and O–H groups in total. The molecule has 0 saturated carbocycles. The normalized spacial score (nSPS) is 20.1. The molecule has 12 rings (SSSR count). The number of fused-ring (bicyclic) bond motifs is 12. The number of hydrogen-bond acceptors (Lipinski definition) is 4. The van der Waals surface area contributed by atoms with Gasteiger partial charge in [-0.25, -0.2) is 0 Å². The molecule has 2 aromatic heterocycles. The second-order valence-electron chi connectivity index (χ2n) is 13.2. The Hall–Kier alpha value is -5.76. The van der Waals surface area contributed by atoms with Gasteiger partial charge in [0.1, 0.15) is 0 Å². The Morgan fingerprint density at radius 3 is 1.76 bits per heavy atom. The lowest BCUT2D eigenvalue weighted by Crippen LogP contribution is -2.71. The number of rotatable bonds is 0. The molecule has 8 nitrogen and oxygen atoms in total. The van der Waals surface area contributed by atoms with Crippen LogP contribution < -0.4 is 11.0 Å². The average Bonchev–Trinajstić information content (AvgIpc) is 3.72. The minimum Gasteiger partial charge on any atom is -0.192 e. The quantitative estimate of drug-likeness (QED) is 0.229. The Morgan fingerprint density at radius 1 is 0.467 bits per heavy atom. The Kier molecular flexibility index (Phi) is 3.44. The molecule has 0 fully saturated rings. The van der Waals surface area contributed by atoms with Crippen LogP contribution in [0.2, 0.25) is 0 Å². The third-order valence-corrected chi connectivity index (χ3v) is 10.4. The first-order chi connectivity index (χ1) is 21.9. The van der Waals surface area contributed by atoms with E-state index in [4.69, 9.17) is 20.0 Å². The highest BCUT2D eigenvalue weighted by Gasteiger charge is 2.69. The molecule has 0 amide bonds. The molecule has 0 bridgehead atoms. The molecule has 1 atom stereocenters. The highest BCUT2D eigenvalue weighted by atomic mass is 15.7. The van der Waals surface area contributed by atoms with Gasteiger partial charge >= 0.3 is 5.91 Å². The van der Waals surface area contributed by atoms with Crippen LogP contribution in [0, 0.1) is 27.7 Å². The van der Waals surface area contributed by atoms with E-state index in [-0.39, 0.29) is 0 Å². The van der Waals surface area contributed by atoms with Gasteiger partial charge in [-0.2, -0.15) is 9.13 Å². The largest absolute Gasteiger partial charge is 0.404 e. The van der Waals surface area contributed by atoms with Gasteiger partial charge in [-0.05, 0) is 76.2 Å². The molecule has 8 heteroatoms. The van der Waals surface area contributed by atoms with Crippen LogP contribution in [0.15, 0.2) is 92.8 Å². The fraction of sp³-hybridized carbons (Fsp3) is 0.135. The van der Waals surface area contributed by atoms with Gasteiger partial charge < -0.3 is 0 Å². The second kappa shape index (κ2) is 6.81. The maximum atomic E-state index is 5.53. The summed E-state index contributed by atoms with van der Waals surface area (Å²) >= 11 is 0. The van der Waals surface area contributed by atoms with Crippen molar-refractivity contribution in [2.24, 2.45) is 20.0 Å². The van der Waals surface area contributed by atoms with Crippen LogP contribution >= 0.6 is 0 Å². The van der Waals surface area contributed by atoms with Crippen molar-refractivity contribution in [3.05, 3.63) is 128 Å². The molecule has 8 heterocycles. The standard InChI is InChI=1S/C37H24N8/c1-17-5-9-21-25(13-17)33-40-34-26-14-18(2)6-10-22(26)31-39-32-24-12-8-20(4)16-28(24)36-41-35-27-15-19(3)7-11-23(27)30-38-29(21)42(33)37(43(31)34,44(30)35)45(32)36/h5-16H,1-4H3/q+2. The van der Waals surface area contributed by atoms with Crippen molar-refractivity contribution in [2.75, 3.05) is 0 Å². The number of benzene rings is 4. The lowest BCUT2D eigenvalue weighted by atomic mass is 10.0. The maximum absolute atomic E-state index is 5.53. The minimum absolute atomic E-state index is 0.906. The summed E-state index contributed by atoms with van der Waals surface area (Å²) in [5, 5.41) is 4.39. The summed E-state index contributed by atoms with van der Waals surface area (Å²) in [7, 11) is 0. The summed E-state index contributed by atoms with van der Waals surface area (Å²) in [6.45, 7) is 8.59. The van der Waals surface area contributed by atoms with Gasteiger partial charge in [-0.15, -0.1) is 9.15 Å². The topological polar surface area (TPSA) is 65.3 Å². The van der Waals surface area contributed by atoms with Crippen LogP contribution in [-0.2, 0) is 5.91 Å². The molecule has 6 aromatic rings.